The third-order valence-corrected chi connectivity index (χ3v) is 3.95. The number of carbonyl (C=O) groups excluding carboxylic acids is 1. The van der Waals surface area contributed by atoms with Crippen molar-refractivity contribution in [3.05, 3.63) is 59.0 Å². The van der Waals surface area contributed by atoms with Gasteiger partial charge in [-0.1, -0.05) is 43.7 Å². The third kappa shape index (κ3) is 4.47. The largest absolute Gasteiger partial charge is 0.481 e. The van der Waals surface area contributed by atoms with Gasteiger partial charge in [0.25, 0.3) is 5.91 Å². The molecule has 0 saturated heterocycles. The lowest BCUT2D eigenvalue weighted by Gasteiger charge is -2.14. The first-order chi connectivity index (χ1) is 11.4. The SMILES string of the molecule is Cc1cccc(CC(CNC(=O)c2occc2C(C)C)C(=O)O)c1. The predicted molar refractivity (Wildman–Crippen MR) is 91.1 cm³/mol. The van der Waals surface area contributed by atoms with Gasteiger partial charge in [0, 0.05) is 12.1 Å². The number of furan rings is 1. The van der Waals surface area contributed by atoms with Crippen LogP contribution in [0.25, 0.3) is 0 Å². The molecule has 1 heterocycles. The minimum atomic E-state index is -0.930. The van der Waals surface area contributed by atoms with Crippen LogP contribution in [0.1, 0.15) is 47.0 Å². The molecule has 0 radical (unpaired) electrons. The fourth-order valence-corrected chi connectivity index (χ4v) is 2.62. The molecular weight excluding hydrogens is 306 g/mol. The summed E-state index contributed by atoms with van der Waals surface area (Å²) in [7, 11) is 0. The summed E-state index contributed by atoms with van der Waals surface area (Å²) in [6.45, 7) is 5.96. The van der Waals surface area contributed by atoms with E-state index in [2.05, 4.69) is 5.32 Å². The number of benzene rings is 1. The Morgan fingerprint density at radius 3 is 2.62 bits per heavy atom. The van der Waals surface area contributed by atoms with Gasteiger partial charge in [-0.3, -0.25) is 9.59 Å². The quantitative estimate of drug-likeness (QED) is 0.816. The summed E-state index contributed by atoms with van der Waals surface area (Å²) in [5, 5.41) is 12.1. The second kappa shape index (κ2) is 7.81. The minimum Gasteiger partial charge on any atom is -0.481 e. The van der Waals surface area contributed by atoms with Crippen LogP contribution in [0, 0.1) is 12.8 Å². The minimum absolute atomic E-state index is 0.0559. The lowest BCUT2D eigenvalue weighted by Crippen LogP contribution is -2.34. The molecule has 2 rings (SSSR count). The molecule has 2 N–H and O–H groups in total. The van der Waals surface area contributed by atoms with Crippen molar-refractivity contribution in [3.63, 3.8) is 0 Å². The van der Waals surface area contributed by atoms with E-state index in [-0.39, 0.29) is 24.1 Å². The number of carboxylic acid groups (broad SMARTS) is 1. The average Bonchev–Trinajstić information content (AvgIpc) is 3.00. The van der Waals surface area contributed by atoms with Gasteiger partial charge >= 0.3 is 5.97 Å². The second-order valence-electron chi connectivity index (χ2n) is 6.30. The number of carbonyl (C=O) groups is 2. The fraction of sp³-hybridized carbons (Fsp3) is 0.368. The summed E-state index contributed by atoms with van der Waals surface area (Å²) in [4.78, 5) is 23.8. The zero-order chi connectivity index (χ0) is 17.7. The molecule has 1 amide bonds. The van der Waals surface area contributed by atoms with Gasteiger partial charge in [-0.2, -0.15) is 0 Å². The van der Waals surface area contributed by atoms with Crippen LogP contribution < -0.4 is 5.32 Å². The maximum Gasteiger partial charge on any atom is 0.308 e. The van der Waals surface area contributed by atoms with Gasteiger partial charge in [0.2, 0.25) is 0 Å². The fourth-order valence-electron chi connectivity index (χ4n) is 2.62. The van der Waals surface area contributed by atoms with Crippen molar-refractivity contribution in [2.45, 2.75) is 33.1 Å². The Bertz CT molecular complexity index is 718. The van der Waals surface area contributed by atoms with Crippen LogP contribution in [-0.2, 0) is 11.2 Å². The molecule has 0 bridgehead atoms. The van der Waals surface area contributed by atoms with E-state index < -0.39 is 11.9 Å². The van der Waals surface area contributed by atoms with Gasteiger partial charge in [0.1, 0.15) is 0 Å². The maximum absolute atomic E-state index is 12.3. The standard InChI is InChI=1S/C19H23NO4/c1-12(2)16-7-8-24-17(16)18(21)20-11-15(19(22)23)10-14-6-4-5-13(3)9-14/h4-9,12,15H,10-11H2,1-3H3,(H,20,21)(H,22,23). The van der Waals surface area contributed by atoms with Crippen molar-refractivity contribution in [2.75, 3.05) is 6.54 Å². The lowest BCUT2D eigenvalue weighted by molar-refractivity contribution is -0.141. The Hall–Kier alpha value is -2.56. The van der Waals surface area contributed by atoms with Crippen LogP contribution in [0.2, 0.25) is 0 Å². The zero-order valence-corrected chi connectivity index (χ0v) is 14.2. The molecule has 5 heteroatoms. The number of carboxylic acids is 1. The van der Waals surface area contributed by atoms with Crippen molar-refractivity contribution < 1.29 is 19.1 Å². The van der Waals surface area contributed by atoms with Crippen LogP contribution in [0.5, 0.6) is 0 Å². The second-order valence-corrected chi connectivity index (χ2v) is 6.30. The molecular formula is C19H23NO4. The van der Waals surface area contributed by atoms with Crippen molar-refractivity contribution >= 4 is 11.9 Å². The molecule has 24 heavy (non-hydrogen) atoms. The van der Waals surface area contributed by atoms with Crippen molar-refractivity contribution in [2.24, 2.45) is 5.92 Å². The Balaban J connectivity index is 2.02. The molecule has 0 aliphatic rings. The molecule has 0 aliphatic heterocycles. The number of hydrogen-bond donors (Lipinski definition) is 2. The highest BCUT2D eigenvalue weighted by atomic mass is 16.4. The normalized spacial score (nSPS) is 12.2. The molecule has 0 spiro atoms. The van der Waals surface area contributed by atoms with Crippen LogP contribution >= 0.6 is 0 Å². The Labute approximate surface area is 141 Å². The first kappa shape index (κ1) is 17.8. The number of aryl methyl sites for hydroxylation is 1. The molecule has 0 fully saturated rings. The summed E-state index contributed by atoms with van der Waals surface area (Å²) in [6, 6.07) is 9.49. The smallest absolute Gasteiger partial charge is 0.308 e. The lowest BCUT2D eigenvalue weighted by atomic mass is 9.98. The number of aliphatic carboxylic acids is 1. The van der Waals surface area contributed by atoms with E-state index in [1.54, 1.807) is 6.07 Å². The number of amides is 1. The summed E-state index contributed by atoms with van der Waals surface area (Å²) < 4.78 is 5.26. The van der Waals surface area contributed by atoms with Crippen LogP contribution in [0.15, 0.2) is 41.0 Å². The highest BCUT2D eigenvalue weighted by molar-refractivity contribution is 5.93. The molecule has 1 atom stereocenters. The topological polar surface area (TPSA) is 79.5 Å². The molecule has 0 aliphatic carbocycles. The highest BCUT2D eigenvalue weighted by Gasteiger charge is 2.22. The molecule has 1 unspecified atom stereocenters. The molecule has 1 aromatic carbocycles. The molecule has 1 aromatic heterocycles. The van der Waals surface area contributed by atoms with E-state index in [0.717, 1.165) is 16.7 Å². The van der Waals surface area contributed by atoms with Gasteiger partial charge in [-0.05, 0) is 30.9 Å². The van der Waals surface area contributed by atoms with Gasteiger partial charge in [0.05, 0.1) is 12.2 Å². The Morgan fingerprint density at radius 1 is 1.25 bits per heavy atom. The Kier molecular flexibility index (Phi) is 5.79. The summed E-state index contributed by atoms with van der Waals surface area (Å²) >= 11 is 0. The molecule has 0 saturated carbocycles. The number of hydrogen-bond acceptors (Lipinski definition) is 3. The first-order valence-corrected chi connectivity index (χ1v) is 8.02. The van der Waals surface area contributed by atoms with Crippen molar-refractivity contribution in [1.82, 2.24) is 5.32 Å². The van der Waals surface area contributed by atoms with Gasteiger partial charge in [-0.15, -0.1) is 0 Å². The molecule has 2 aromatic rings. The highest BCUT2D eigenvalue weighted by Crippen LogP contribution is 2.20. The van der Waals surface area contributed by atoms with Crippen molar-refractivity contribution in [3.8, 4) is 0 Å². The first-order valence-electron chi connectivity index (χ1n) is 8.02. The van der Waals surface area contributed by atoms with E-state index in [0.29, 0.717) is 6.42 Å². The predicted octanol–water partition coefficient (Wildman–Crippen LogP) is 3.38. The van der Waals surface area contributed by atoms with Crippen LogP contribution in [0.3, 0.4) is 0 Å². The molecule has 128 valence electrons. The van der Waals surface area contributed by atoms with E-state index >= 15 is 0 Å². The summed E-state index contributed by atoms with van der Waals surface area (Å²) in [5.74, 6) is -1.58. The third-order valence-electron chi connectivity index (χ3n) is 3.95. The summed E-state index contributed by atoms with van der Waals surface area (Å²) in [6.07, 6.45) is 1.85. The Morgan fingerprint density at radius 2 is 2.00 bits per heavy atom. The number of rotatable bonds is 7. The van der Waals surface area contributed by atoms with Crippen LogP contribution in [-0.4, -0.2) is 23.5 Å². The summed E-state index contributed by atoms with van der Waals surface area (Å²) in [5.41, 5.74) is 2.84. The van der Waals surface area contributed by atoms with E-state index in [9.17, 15) is 14.7 Å². The van der Waals surface area contributed by atoms with Gasteiger partial charge in [0.15, 0.2) is 5.76 Å². The van der Waals surface area contributed by atoms with Crippen molar-refractivity contribution in [1.29, 1.82) is 0 Å². The zero-order valence-electron chi connectivity index (χ0n) is 14.2. The monoisotopic (exact) mass is 329 g/mol. The van der Waals surface area contributed by atoms with E-state index in [4.69, 9.17) is 4.42 Å². The maximum atomic E-state index is 12.3. The van der Waals surface area contributed by atoms with E-state index in [1.807, 2.05) is 45.0 Å². The molecule has 5 nitrogen and oxygen atoms in total. The van der Waals surface area contributed by atoms with Gasteiger partial charge < -0.3 is 14.8 Å². The van der Waals surface area contributed by atoms with E-state index in [1.165, 1.54) is 6.26 Å². The van der Waals surface area contributed by atoms with Crippen LogP contribution in [0.4, 0.5) is 0 Å². The average molecular weight is 329 g/mol. The van der Waals surface area contributed by atoms with Gasteiger partial charge in [-0.25, -0.2) is 0 Å². The number of nitrogens with one attached hydrogen (secondary N) is 1.